The number of nitrogens with two attached hydrogens (primary N) is 1. The van der Waals surface area contributed by atoms with Crippen LogP contribution in [-0.2, 0) is 4.74 Å². The van der Waals surface area contributed by atoms with Crippen LogP contribution < -0.4 is 11.4 Å². The summed E-state index contributed by atoms with van der Waals surface area (Å²) in [5.41, 5.74) is 5.66. The van der Waals surface area contributed by atoms with Crippen LogP contribution in [0.1, 0.15) is 6.23 Å². The summed E-state index contributed by atoms with van der Waals surface area (Å²) in [6, 6.07) is 0. The van der Waals surface area contributed by atoms with Crippen molar-refractivity contribution in [2.75, 3.05) is 17.7 Å². The summed E-state index contributed by atoms with van der Waals surface area (Å²) in [6.45, 7) is 0. The Balaban J connectivity index is 2.07. The molecular weight excluding hydrogens is 298 g/mol. The zero-order chi connectivity index (χ0) is 15.1. The molecule has 3 rings (SSSR count). The number of aromatic amines is 1. The lowest BCUT2D eigenvalue weighted by Gasteiger charge is -2.15. The third kappa shape index (κ3) is 2.20. The molecule has 9 nitrogen and oxygen atoms in total. The van der Waals surface area contributed by atoms with Gasteiger partial charge in [0.25, 0.3) is 0 Å². The van der Waals surface area contributed by atoms with Crippen LogP contribution in [0.4, 0.5) is 5.82 Å². The van der Waals surface area contributed by atoms with Gasteiger partial charge in [0.15, 0.2) is 17.7 Å². The first-order valence-corrected chi connectivity index (χ1v) is 7.65. The molecule has 1 fully saturated rings. The topological polar surface area (TPSA) is 139 Å². The summed E-state index contributed by atoms with van der Waals surface area (Å²) in [4.78, 5) is 22.4. The maximum atomic E-state index is 12.1. The average Bonchev–Trinajstić information content (AvgIpc) is 2.92. The van der Waals surface area contributed by atoms with E-state index in [4.69, 9.17) is 10.5 Å². The van der Waals surface area contributed by atoms with Gasteiger partial charge in [-0.25, -0.2) is 19.3 Å². The number of H-pyrrole nitrogens is 1. The van der Waals surface area contributed by atoms with Gasteiger partial charge in [-0.15, -0.1) is 0 Å². The molecular formula is C11H15N5O4S. The number of hydrogen-bond acceptors (Lipinski definition) is 8. The van der Waals surface area contributed by atoms with Gasteiger partial charge in [-0.3, -0.25) is 0 Å². The number of nitrogens with one attached hydrogen (secondary N) is 1. The van der Waals surface area contributed by atoms with E-state index in [9.17, 15) is 15.0 Å². The second-order valence-corrected chi connectivity index (χ2v) is 5.67. The summed E-state index contributed by atoms with van der Waals surface area (Å²) in [5.74, 6) is 0.632. The average molecular weight is 313 g/mol. The summed E-state index contributed by atoms with van der Waals surface area (Å²) in [7, 11) is 0. The third-order valence-corrected chi connectivity index (χ3v) is 4.12. The number of ether oxygens (including phenoxy) is 1. The van der Waals surface area contributed by atoms with Crippen LogP contribution in [0.15, 0.2) is 11.1 Å². The number of anilines is 1. The number of fused-ring (bicyclic) bond motifs is 1. The van der Waals surface area contributed by atoms with Gasteiger partial charge in [-0.2, -0.15) is 11.8 Å². The normalized spacial score (nSPS) is 29.3. The molecule has 0 unspecified atom stereocenters. The van der Waals surface area contributed by atoms with Crippen LogP contribution in [0, 0.1) is 0 Å². The highest BCUT2D eigenvalue weighted by Gasteiger charge is 2.44. The van der Waals surface area contributed by atoms with Gasteiger partial charge in [-0.1, -0.05) is 0 Å². The zero-order valence-electron chi connectivity index (χ0n) is 11.1. The molecule has 2 aromatic rings. The summed E-state index contributed by atoms with van der Waals surface area (Å²) in [6.07, 6.45) is -0.794. The number of aliphatic hydroxyl groups excluding tert-OH is 2. The van der Waals surface area contributed by atoms with Crippen molar-refractivity contribution < 1.29 is 14.9 Å². The maximum Gasteiger partial charge on any atom is 0.330 e. The van der Waals surface area contributed by atoms with E-state index < -0.39 is 30.2 Å². The standard InChI is InChI=1S/C11H15N5O4S/c1-21-2-4-6(17)7(18)10(20-4)16-9-5(15-11(16)19)8(12)13-3-14-9/h3-4,6-7,10,17-18H,2H2,1H3,(H,15,19)(H2,12,13,14)/t4-,6-,7-,10-/m1/s1. The van der Waals surface area contributed by atoms with E-state index >= 15 is 0 Å². The number of imidazole rings is 1. The highest BCUT2D eigenvalue weighted by Crippen LogP contribution is 2.31. The van der Waals surface area contributed by atoms with Crippen molar-refractivity contribution in [3.8, 4) is 0 Å². The number of aliphatic hydroxyl groups is 2. The molecule has 0 aromatic carbocycles. The minimum Gasteiger partial charge on any atom is -0.387 e. The van der Waals surface area contributed by atoms with Crippen LogP contribution in [0.5, 0.6) is 0 Å². The summed E-state index contributed by atoms with van der Waals surface area (Å²) in [5, 5.41) is 20.2. The van der Waals surface area contributed by atoms with Crippen LogP contribution in [-0.4, -0.2) is 60.1 Å². The first-order chi connectivity index (χ1) is 10.0. The highest BCUT2D eigenvalue weighted by molar-refractivity contribution is 7.98. The fourth-order valence-corrected chi connectivity index (χ4v) is 3.04. The van der Waals surface area contributed by atoms with E-state index in [1.54, 1.807) is 0 Å². The van der Waals surface area contributed by atoms with E-state index in [-0.39, 0.29) is 17.0 Å². The molecule has 10 heteroatoms. The molecule has 0 aliphatic carbocycles. The molecule has 1 aliphatic rings. The zero-order valence-corrected chi connectivity index (χ0v) is 11.9. The third-order valence-electron chi connectivity index (χ3n) is 3.46. The monoisotopic (exact) mass is 313 g/mol. The number of nitrogens with zero attached hydrogens (tertiary/aromatic N) is 3. The van der Waals surface area contributed by atoms with Crippen molar-refractivity contribution in [1.82, 2.24) is 19.5 Å². The number of aromatic nitrogens is 4. The Kier molecular flexibility index (Phi) is 3.61. The molecule has 0 bridgehead atoms. The minimum atomic E-state index is -1.23. The van der Waals surface area contributed by atoms with E-state index in [0.717, 1.165) is 4.57 Å². The molecule has 3 heterocycles. The second kappa shape index (κ2) is 5.30. The predicted octanol–water partition coefficient (Wildman–Crippen LogP) is -1.32. The lowest BCUT2D eigenvalue weighted by molar-refractivity contribution is -0.0307. The van der Waals surface area contributed by atoms with Crippen molar-refractivity contribution in [1.29, 1.82) is 0 Å². The number of hydrogen-bond donors (Lipinski definition) is 4. The summed E-state index contributed by atoms with van der Waals surface area (Å²) < 4.78 is 6.77. The van der Waals surface area contributed by atoms with E-state index in [1.165, 1.54) is 18.1 Å². The molecule has 5 N–H and O–H groups in total. The number of rotatable bonds is 3. The van der Waals surface area contributed by atoms with E-state index in [0.29, 0.717) is 5.75 Å². The fraction of sp³-hybridized carbons (Fsp3) is 0.545. The highest BCUT2D eigenvalue weighted by atomic mass is 32.2. The largest absolute Gasteiger partial charge is 0.387 e. The van der Waals surface area contributed by atoms with Gasteiger partial charge in [-0.05, 0) is 6.26 Å². The molecule has 0 radical (unpaired) electrons. The van der Waals surface area contributed by atoms with Crippen LogP contribution in [0.25, 0.3) is 11.2 Å². The van der Waals surface area contributed by atoms with Gasteiger partial charge in [0.1, 0.15) is 24.1 Å². The van der Waals surface area contributed by atoms with Crippen LogP contribution in [0.3, 0.4) is 0 Å². The molecule has 4 atom stereocenters. The van der Waals surface area contributed by atoms with Gasteiger partial charge >= 0.3 is 5.69 Å². The van der Waals surface area contributed by atoms with Crippen LogP contribution >= 0.6 is 11.8 Å². The van der Waals surface area contributed by atoms with Crippen molar-refractivity contribution in [2.24, 2.45) is 0 Å². The maximum absolute atomic E-state index is 12.1. The Labute approximate surface area is 123 Å². The molecule has 21 heavy (non-hydrogen) atoms. The molecule has 1 aliphatic heterocycles. The number of thioether (sulfide) groups is 1. The van der Waals surface area contributed by atoms with Gasteiger partial charge in [0, 0.05) is 5.75 Å². The fourth-order valence-electron chi connectivity index (χ4n) is 2.44. The lowest BCUT2D eigenvalue weighted by Crippen LogP contribution is -2.34. The Hall–Kier alpha value is -1.62. The van der Waals surface area contributed by atoms with Gasteiger partial charge in [0.2, 0.25) is 0 Å². The predicted molar refractivity (Wildman–Crippen MR) is 76.9 cm³/mol. The Morgan fingerprint density at radius 2 is 2.24 bits per heavy atom. The SMILES string of the molecule is CSC[C@H]1O[C@@H](n2c(=O)[nH]c3c(N)ncnc32)[C@H](O)[C@@H]1O. The first kappa shape index (κ1) is 14.3. The molecule has 2 aromatic heterocycles. The lowest BCUT2D eigenvalue weighted by atomic mass is 10.1. The Morgan fingerprint density at radius 3 is 2.95 bits per heavy atom. The van der Waals surface area contributed by atoms with Crippen LogP contribution in [0.2, 0.25) is 0 Å². The van der Waals surface area contributed by atoms with Gasteiger partial charge in [0.05, 0.1) is 6.10 Å². The molecule has 1 saturated heterocycles. The molecule has 0 spiro atoms. The second-order valence-electron chi connectivity index (χ2n) is 4.76. The first-order valence-electron chi connectivity index (χ1n) is 6.25. The minimum absolute atomic E-state index is 0.129. The quantitative estimate of drug-likeness (QED) is 0.547. The molecule has 114 valence electrons. The summed E-state index contributed by atoms with van der Waals surface area (Å²) >= 11 is 1.48. The Bertz CT molecular complexity index is 716. The molecule has 0 amide bonds. The Morgan fingerprint density at radius 1 is 1.48 bits per heavy atom. The van der Waals surface area contributed by atoms with Crippen molar-refractivity contribution in [2.45, 2.75) is 24.5 Å². The number of nitrogen functional groups attached to an aromatic ring is 1. The van der Waals surface area contributed by atoms with Gasteiger partial charge < -0.3 is 25.7 Å². The van der Waals surface area contributed by atoms with Crippen molar-refractivity contribution in [3.63, 3.8) is 0 Å². The molecule has 0 saturated carbocycles. The smallest absolute Gasteiger partial charge is 0.330 e. The van der Waals surface area contributed by atoms with E-state index in [2.05, 4.69) is 15.0 Å². The van der Waals surface area contributed by atoms with Crippen molar-refractivity contribution >= 4 is 28.7 Å². The van der Waals surface area contributed by atoms with E-state index in [1.807, 2.05) is 6.26 Å². The van der Waals surface area contributed by atoms with Crippen molar-refractivity contribution in [3.05, 3.63) is 16.8 Å².